The van der Waals surface area contributed by atoms with Crippen LogP contribution in [0.15, 0.2) is 66.7 Å². The molecule has 0 saturated carbocycles. The first-order valence-electron chi connectivity index (χ1n) is 15.5. The number of unbranched alkanes of at least 4 members (excludes halogenated alkanes) is 8. The molecule has 40 heavy (non-hydrogen) atoms. The lowest BCUT2D eigenvalue weighted by atomic mass is 9.98. The normalized spacial score (nSPS) is 14.3. The Bertz CT molecular complexity index is 1170. The van der Waals surface area contributed by atoms with Gasteiger partial charge in [-0.25, -0.2) is 4.79 Å². The summed E-state index contributed by atoms with van der Waals surface area (Å²) in [5, 5.41) is 0. The largest absolute Gasteiger partial charge is 0.494 e. The maximum Gasteiger partial charge on any atom is 0.343 e. The van der Waals surface area contributed by atoms with Crippen LogP contribution in [0.2, 0.25) is 0 Å². The van der Waals surface area contributed by atoms with Gasteiger partial charge in [0.1, 0.15) is 17.2 Å². The highest BCUT2D eigenvalue weighted by atomic mass is 16.5. The SMILES string of the molecule is CCCCCCCCOc1ccc(-c2ccc(C(=O)Oc3ccc4c(c3)CCC(CCCCCC)O4)cc2)cc1. The lowest BCUT2D eigenvalue weighted by molar-refractivity contribution is 0.0734. The van der Waals surface area contributed by atoms with Crippen LogP contribution in [0.4, 0.5) is 0 Å². The fourth-order valence-electron chi connectivity index (χ4n) is 5.27. The molecular weight excluding hydrogens is 496 g/mol. The highest BCUT2D eigenvalue weighted by Crippen LogP contribution is 2.33. The minimum atomic E-state index is -0.351. The molecule has 3 aromatic carbocycles. The highest BCUT2D eigenvalue weighted by molar-refractivity contribution is 5.91. The molecule has 4 rings (SSSR count). The lowest BCUT2D eigenvalue weighted by Crippen LogP contribution is -2.22. The number of carbonyl (C=O) groups excluding carboxylic acids is 1. The third kappa shape index (κ3) is 9.15. The van der Waals surface area contributed by atoms with Crippen molar-refractivity contribution in [1.29, 1.82) is 0 Å². The van der Waals surface area contributed by atoms with Gasteiger partial charge in [0, 0.05) is 0 Å². The van der Waals surface area contributed by atoms with Crippen molar-refractivity contribution in [3.8, 4) is 28.4 Å². The maximum absolute atomic E-state index is 12.8. The van der Waals surface area contributed by atoms with Crippen LogP contribution in [0.5, 0.6) is 17.2 Å². The summed E-state index contributed by atoms with van der Waals surface area (Å²) < 4.78 is 17.8. The molecule has 0 spiro atoms. The Morgan fingerprint density at radius 2 is 1.38 bits per heavy atom. The molecule has 0 aromatic heterocycles. The van der Waals surface area contributed by atoms with E-state index in [1.54, 1.807) is 0 Å². The van der Waals surface area contributed by atoms with Crippen molar-refractivity contribution < 1.29 is 19.0 Å². The standard InChI is InChI=1S/C36H46O4/c1-3-5-7-9-10-12-26-38-32-21-18-29(19-22-32)28-14-16-30(17-15-28)36(37)40-34-24-25-35-31(27-34)20-23-33(39-35)13-11-8-6-4-2/h14-19,21-22,24-25,27,33H,3-13,20,23,26H2,1-2H3. The molecule has 0 saturated heterocycles. The van der Waals surface area contributed by atoms with Crippen molar-refractivity contribution in [3.63, 3.8) is 0 Å². The van der Waals surface area contributed by atoms with Crippen molar-refractivity contribution in [1.82, 2.24) is 0 Å². The van der Waals surface area contributed by atoms with Crippen LogP contribution in [0.1, 0.15) is 107 Å². The maximum atomic E-state index is 12.8. The number of hydrogen-bond donors (Lipinski definition) is 0. The Morgan fingerprint density at radius 3 is 2.10 bits per heavy atom. The third-order valence-corrected chi connectivity index (χ3v) is 7.73. The second-order valence-electron chi connectivity index (χ2n) is 11.0. The van der Waals surface area contributed by atoms with Crippen LogP contribution >= 0.6 is 0 Å². The van der Waals surface area contributed by atoms with Crippen molar-refractivity contribution in [3.05, 3.63) is 77.9 Å². The summed E-state index contributed by atoms with van der Waals surface area (Å²) in [5.41, 5.74) is 3.79. The Balaban J connectivity index is 1.24. The van der Waals surface area contributed by atoms with E-state index in [0.29, 0.717) is 17.4 Å². The summed E-state index contributed by atoms with van der Waals surface area (Å²) in [7, 11) is 0. The molecule has 4 nitrogen and oxygen atoms in total. The van der Waals surface area contributed by atoms with Crippen LogP contribution in [-0.2, 0) is 6.42 Å². The molecule has 0 bridgehead atoms. The third-order valence-electron chi connectivity index (χ3n) is 7.73. The van der Waals surface area contributed by atoms with Gasteiger partial charge < -0.3 is 14.2 Å². The van der Waals surface area contributed by atoms with E-state index >= 15 is 0 Å². The monoisotopic (exact) mass is 542 g/mol. The predicted molar refractivity (Wildman–Crippen MR) is 164 cm³/mol. The Kier molecular flexibility index (Phi) is 12.0. The van der Waals surface area contributed by atoms with Crippen LogP contribution in [0, 0.1) is 0 Å². The Labute approximate surface area is 241 Å². The van der Waals surface area contributed by atoms with Crippen molar-refractivity contribution in [2.45, 2.75) is 103 Å². The summed E-state index contributed by atoms with van der Waals surface area (Å²) >= 11 is 0. The number of aryl methyl sites for hydroxylation is 1. The average molecular weight is 543 g/mol. The second-order valence-corrected chi connectivity index (χ2v) is 11.0. The molecule has 0 radical (unpaired) electrons. The second kappa shape index (κ2) is 16.1. The van der Waals surface area contributed by atoms with Gasteiger partial charge >= 0.3 is 5.97 Å². The number of hydrogen-bond acceptors (Lipinski definition) is 4. The molecule has 3 aromatic rings. The summed E-state index contributed by atoms with van der Waals surface area (Å²) in [6.07, 6.45) is 16.0. The van der Waals surface area contributed by atoms with Gasteiger partial charge in [-0.3, -0.25) is 0 Å². The van der Waals surface area contributed by atoms with Gasteiger partial charge in [0.25, 0.3) is 0 Å². The van der Waals surface area contributed by atoms with E-state index in [9.17, 15) is 4.79 Å². The zero-order chi connectivity index (χ0) is 28.0. The van der Waals surface area contributed by atoms with Gasteiger partial charge in [-0.15, -0.1) is 0 Å². The molecule has 1 unspecified atom stereocenters. The topological polar surface area (TPSA) is 44.8 Å². The van der Waals surface area contributed by atoms with Crippen LogP contribution in [0.25, 0.3) is 11.1 Å². The predicted octanol–water partition coefficient (Wildman–Crippen LogP) is 9.98. The van der Waals surface area contributed by atoms with Crippen LogP contribution in [-0.4, -0.2) is 18.7 Å². The first-order valence-corrected chi connectivity index (χ1v) is 15.5. The van der Waals surface area contributed by atoms with Gasteiger partial charge in [-0.05, 0) is 91.3 Å². The zero-order valence-electron chi connectivity index (χ0n) is 24.5. The molecule has 0 N–H and O–H groups in total. The van der Waals surface area contributed by atoms with Gasteiger partial charge in [-0.1, -0.05) is 89.5 Å². The Morgan fingerprint density at radius 1 is 0.750 bits per heavy atom. The number of carbonyl (C=O) groups is 1. The average Bonchev–Trinajstić information content (AvgIpc) is 2.99. The van der Waals surface area contributed by atoms with E-state index in [0.717, 1.165) is 60.5 Å². The molecule has 0 fully saturated rings. The zero-order valence-corrected chi connectivity index (χ0v) is 24.5. The van der Waals surface area contributed by atoms with Gasteiger partial charge in [0.05, 0.1) is 18.3 Å². The quantitative estimate of drug-likeness (QED) is 0.103. The van der Waals surface area contributed by atoms with Crippen molar-refractivity contribution in [2.24, 2.45) is 0 Å². The first kappa shape index (κ1) is 29.7. The van der Waals surface area contributed by atoms with Gasteiger partial charge in [0.15, 0.2) is 0 Å². The van der Waals surface area contributed by atoms with E-state index < -0.39 is 0 Å². The highest BCUT2D eigenvalue weighted by Gasteiger charge is 2.20. The first-order chi connectivity index (χ1) is 19.7. The van der Waals surface area contributed by atoms with E-state index in [4.69, 9.17) is 14.2 Å². The van der Waals surface area contributed by atoms with E-state index in [-0.39, 0.29) is 5.97 Å². The smallest absolute Gasteiger partial charge is 0.343 e. The number of rotatable bonds is 16. The number of ether oxygens (including phenoxy) is 3. The summed E-state index contributed by atoms with van der Waals surface area (Å²) in [6, 6.07) is 21.5. The van der Waals surface area contributed by atoms with Crippen LogP contribution < -0.4 is 14.2 Å². The Hall–Kier alpha value is -3.27. The molecule has 1 atom stereocenters. The number of fused-ring (bicyclic) bond motifs is 1. The van der Waals surface area contributed by atoms with Crippen molar-refractivity contribution >= 4 is 5.97 Å². The van der Waals surface area contributed by atoms with Gasteiger partial charge in [0.2, 0.25) is 0 Å². The van der Waals surface area contributed by atoms with E-state index in [1.807, 2.05) is 54.6 Å². The van der Waals surface area contributed by atoms with Crippen molar-refractivity contribution in [2.75, 3.05) is 6.61 Å². The number of esters is 1. The molecular formula is C36H46O4. The molecule has 4 heteroatoms. The molecule has 0 amide bonds. The van der Waals surface area contributed by atoms with E-state index in [2.05, 4.69) is 26.0 Å². The molecule has 1 aliphatic rings. The minimum Gasteiger partial charge on any atom is -0.494 e. The van der Waals surface area contributed by atoms with Crippen LogP contribution in [0.3, 0.4) is 0 Å². The molecule has 1 aliphatic heterocycles. The fraction of sp³-hybridized carbons (Fsp3) is 0.472. The molecule has 0 aliphatic carbocycles. The summed E-state index contributed by atoms with van der Waals surface area (Å²) in [5.74, 6) is 2.04. The summed E-state index contributed by atoms with van der Waals surface area (Å²) in [6.45, 7) is 5.24. The minimum absolute atomic E-state index is 0.296. The lowest BCUT2D eigenvalue weighted by Gasteiger charge is -2.26. The fourth-order valence-corrected chi connectivity index (χ4v) is 5.27. The molecule has 214 valence electrons. The molecule has 1 heterocycles. The summed E-state index contributed by atoms with van der Waals surface area (Å²) in [4.78, 5) is 12.8. The van der Waals surface area contributed by atoms with E-state index in [1.165, 1.54) is 57.8 Å². The number of benzene rings is 3. The van der Waals surface area contributed by atoms with Gasteiger partial charge in [-0.2, -0.15) is 0 Å².